The van der Waals surface area contributed by atoms with E-state index in [1.165, 1.54) is 0 Å². The Kier molecular flexibility index (Phi) is 3.60. The highest BCUT2D eigenvalue weighted by molar-refractivity contribution is 6.00. The molecule has 0 bridgehead atoms. The van der Waals surface area contributed by atoms with Crippen molar-refractivity contribution in [3.63, 3.8) is 0 Å². The van der Waals surface area contributed by atoms with Gasteiger partial charge in [0.2, 0.25) is 5.91 Å². The zero-order valence-corrected chi connectivity index (χ0v) is 11.6. The number of hydrogen-bond acceptors (Lipinski definition) is 2. The maximum Gasteiger partial charge on any atom is 0.250 e. The van der Waals surface area contributed by atoms with Gasteiger partial charge in [0.1, 0.15) is 11.6 Å². The number of carbonyl (C=O) groups excluding carboxylic acids is 2. The largest absolute Gasteiger partial charge is 0.342 e. The van der Waals surface area contributed by atoms with E-state index < -0.39 is 11.6 Å². The summed E-state index contributed by atoms with van der Waals surface area (Å²) in [5, 5.41) is 5.73. The van der Waals surface area contributed by atoms with Gasteiger partial charge < -0.3 is 10.6 Å². The lowest BCUT2D eigenvalue weighted by atomic mass is 9.85. The Bertz CT molecular complexity index is 486. The van der Waals surface area contributed by atoms with Crippen LogP contribution < -0.4 is 10.6 Å². The van der Waals surface area contributed by atoms with Gasteiger partial charge in [-0.3, -0.25) is 9.59 Å². The van der Waals surface area contributed by atoms with Crippen LogP contribution in [0.5, 0.6) is 0 Å². The molecule has 1 fully saturated rings. The minimum Gasteiger partial charge on any atom is -0.342 e. The first-order valence-corrected chi connectivity index (χ1v) is 6.67. The summed E-state index contributed by atoms with van der Waals surface area (Å²) in [5.74, 6) is -0.131. The van der Waals surface area contributed by atoms with Crippen molar-refractivity contribution in [2.45, 2.75) is 38.8 Å². The summed E-state index contributed by atoms with van der Waals surface area (Å²) >= 11 is 0. The summed E-state index contributed by atoms with van der Waals surface area (Å²) in [5.41, 5.74) is -0.189. The Morgan fingerprint density at radius 1 is 1.26 bits per heavy atom. The van der Waals surface area contributed by atoms with Crippen LogP contribution in [0.4, 0.5) is 0 Å². The molecule has 1 heterocycles. The second kappa shape index (κ2) is 5.03. The van der Waals surface area contributed by atoms with Crippen molar-refractivity contribution in [3.8, 4) is 0 Å². The first-order chi connectivity index (χ1) is 8.99. The molecule has 2 amide bonds. The van der Waals surface area contributed by atoms with Gasteiger partial charge in [0.05, 0.1) is 0 Å². The Balaban J connectivity index is 2.28. The van der Waals surface area contributed by atoms with E-state index in [0.717, 1.165) is 12.0 Å². The number of rotatable bonds is 3. The fraction of sp³-hybridized carbons (Fsp3) is 0.467. The van der Waals surface area contributed by atoms with Crippen LogP contribution in [0.25, 0.3) is 0 Å². The molecule has 0 aromatic heterocycles. The Morgan fingerprint density at radius 3 is 2.47 bits per heavy atom. The second-order valence-corrected chi connectivity index (χ2v) is 5.32. The minimum absolute atomic E-state index is 0.111. The van der Waals surface area contributed by atoms with Gasteiger partial charge in [-0.05, 0) is 18.4 Å². The third-order valence-corrected chi connectivity index (χ3v) is 3.96. The molecule has 3 unspecified atom stereocenters. The number of hydrogen-bond donors (Lipinski definition) is 2. The standard InChI is InChI=1S/C15H20N2O2/c1-4-10(2)12-13(18)17-15(3,14(19)16-12)11-8-6-5-7-9-11/h5-10,12H,4H2,1-3H3,(H,16,19)(H,17,18). The van der Waals surface area contributed by atoms with E-state index >= 15 is 0 Å². The van der Waals surface area contributed by atoms with Crippen LogP contribution >= 0.6 is 0 Å². The van der Waals surface area contributed by atoms with Crippen molar-refractivity contribution in [1.82, 2.24) is 10.6 Å². The average Bonchev–Trinajstić information content (AvgIpc) is 2.43. The normalized spacial score (nSPS) is 28.5. The van der Waals surface area contributed by atoms with E-state index in [0.29, 0.717) is 0 Å². The Hall–Kier alpha value is -1.84. The van der Waals surface area contributed by atoms with Crippen molar-refractivity contribution in [1.29, 1.82) is 0 Å². The number of amides is 2. The molecule has 2 rings (SSSR count). The molecule has 0 saturated carbocycles. The molecule has 2 N–H and O–H groups in total. The van der Waals surface area contributed by atoms with Gasteiger partial charge in [-0.15, -0.1) is 0 Å². The van der Waals surface area contributed by atoms with Crippen LogP contribution in [-0.2, 0) is 15.1 Å². The number of piperazine rings is 1. The van der Waals surface area contributed by atoms with Gasteiger partial charge >= 0.3 is 0 Å². The molecule has 1 aliphatic rings. The number of benzene rings is 1. The summed E-state index contributed by atoms with van der Waals surface area (Å²) in [4.78, 5) is 24.6. The van der Waals surface area contributed by atoms with E-state index in [-0.39, 0.29) is 17.7 Å². The van der Waals surface area contributed by atoms with Crippen LogP contribution in [0.2, 0.25) is 0 Å². The molecule has 1 saturated heterocycles. The topological polar surface area (TPSA) is 58.2 Å². The van der Waals surface area contributed by atoms with Crippen molar-refractivity contribution in [2.75, 3.05) is 0 Å². The van der Waals surface area contributed by atoms with E-state index in [4.69, 9.17) is 0 Å². The molecule has 1 aliphatic heterocycles. The zero-order valence-electron chi connectivity index (χ0n) is 11.6. The summed E-state index contributed by atoms with van der Waals surface area (Å²) < 4.78 is 0. The lowest BCUT2D eigenvalue weighted by molar-refractivity contribution is -0.142. The van der Waals surface area contributed by atoms with Gasteiger partial charge in [-0.2, -0.15) is 0 Å². The highest BCUT2D eigenvalue weighted by atomic mass is 16.2. The molecule has 0 aliphatic carbocycles. The third-order valence-electron chi connectivity index (χ3n) is 3.96. The SMILES string of the molecule is CCC(C)C1NC(=O)C(C)(c2ccccc2)NC1=O. The molecular formula is C15H20N2O2. The Labute approximate surface area is 113 Å². The van der Waals surface area contributed by atoms with Crippen LogP contribution in [0, 0.1) is 5.92 Å². The third kappa shape index (κ3) is 2.35. The molecule has 1 aromatic carbocycles. The quantitative estimate of drug-likeness (QED) is 0.866. The van der Waals surface area contributed by atoms with E-state index in [2.05, 4.69) is 10.6 Å². The fourth-order valence-corrected chi connectivity index (χ4v) is 2.34. The van der Waals surface area contributed by atoms with Gasteiger partial charge in [-0.25, -0.2) is 0 Å². The highest BCUT2D eigenvalue weighted by Crippen LogP contribution is 2.25. The van der Waals surface area contributed by atoms with Crippen molar-refractivity contribution >= 4 is 11.8 Å². The van der Waals surface area contributed by atoms with E-state index in [1.807, 2.05) is 44.2 Å². The zero-order chi connectivity index (χ0) is 14.0. The van der Waals surface area contributed by atoms with E-state index in [9.17, 15) is 9.59 Å². The molecule has 0 spiro atoms. The molecular weight excluding hydrogens is 240 g/mol. The lowest BCUT2D eigenvalue weighted by Gasteiger charge is -2.39. The van der Waals surface area contributed by atoms with Crippen LogP contribution in [0.15, 0.2) is 30.3 Å². The fourth-order valence-electron chi connectivity index (χ4n) is 2.34. The summed E-state index contributed by atoms with van der Waals surface area (Å²) in [6.07, 6.45) is 0.848. The van der Waals surface area contributed by atoms with Crippen LogP contribution in [0.3, 0.4) is 0 Å². The first kappa shape index (κ1) is 13.6. The van der Waals surface area contributed by atoms with Crippen molar-refractivity contribution in [3.05, 3.63) is 35.9 Å². The first-order valence-electron chi connectivity index (χ1n) is 6.67. The predicted molar refractivity (Wildman–Crippen MR) is 73.3 cm³/mol. The molecule has 0 radical (unpaired) electrons. The molecule has 4 nitrogen and oxygen atoms in total. The minimum atomic E-state index is -0.984. The molecule has 102 valence electrons. The smallest absolute Gasteiger partial charge is 0.250 e. The molecule has 3 atom stereocenters. The number of nitrogens with one attached hydrogen (secondary N) is 2. The molecule has 19 heavy (non-hydrogen) atoms. The van der Waals surface area contributed by atoms with Gasteiger partial charge in [0.15, 0.2) is 0 Å². The van der Waals surface area contributed by atoms with Crippen molar-refractivity contribution in [2.24, 2.45) is 5.92 Å². The van der Waals surface area contributed by atoms with Crippen molar-refractivity contribution < 1.29 is 9.59 Å². The lowest BCUT2D eigenvalue weighted by Crippen LogP contribution is -2.67. The molecule has 1 aromatic rings. The second-order valence-electron chi connectivity index (χ2n) is 5.32. The van der Waals surface area contributed by atoms with Crippen LogP contribution in [-0.4, -0.2) is 17.9 Å². The maximum absolute atomic E-state index is 12.4. The van der Waals surface area contributed by atoms with E-state index in [1.54, 1.807) is 6.92 Å². The maximum atomic E-state index is 12.4. The summed E-state index contributed by atoms with van der Waals surface area (Å²) in [6, 6.07) is 8.88. The summed E-state index contributed by atoms with van der Waals surface area (Å²) in [6.45, 7) is 5.72. The van der Waals surface area contributed by atoms with Gasteiger partial charge in [-0.1, -0.05) is 50.6 Å². The Morgan fingerprint density at radius 2 is 1.89 bits per heavy atom. The predicted octanol–water partition coefficient (Wildman–Crippen LogP) is 1.56. The molecule has 4 heteroatoms. The number of carbonyl (C=O) groups is 2. The highest BCUT2D eigenvalue weighted by Gasteiger charge is 2.45. The average molecular weight is 260 g/mol. The van der Waals surface area contributed by atoms with Gasteiger partial charge in [0, 0.05) is 0 Å². The van der Waals surface area contributed by atoms with Gasteiger partial charge in [0.25, 0.3) is 5.91 Å². The van der Waals surface area contributed by atoms with Crippen LogP contribution in [0.1, 0.15) is 32.8 Å². The monoisotopic (exact) mass is 260 g/mol. The summed E-state index contributed by atoms with van der Waals surface area (Å²) in [7, 11) is 0.